The van der Waals surface area contributed by atoms with Gasteiger partial charge in [-0.2, -0.15) is 0 Å². The van der Waals surface area contributed by atoms with E-state index in [1.165, 1.54) is 11.1 Å². The van der Waals surface area contributed by atoms with E-state index in [-0.39, 0.29) is 17.3 Å². The maximum absolute atomic E-state index is 13.6. The highest BCUT2D eigenvalue weighted by Crippen LogP contribution is 2.62. The third kappa shape index (κ3) is 3.28. The fraction of sp³-hybridized carbons (Fsp3) is 0.500. The molecule has 0 heterocycles. The Labute approximate surface area is 180 Å². The minimum absolute atomic E-state index is 0.167. The van der Waals surface area contributed by atoms with Gasteiger partial charge in [-0.1, -0.05) is 13.0 Å². The average Bonchev–Trinajstić information content (AvgIpc) is 3.00. The lowest BCUT2D eigenvalue weighted by Crippen LogP contribution is -2.44. The normalized spacial score (nSPS) is 31.8. The number of Topliss-reactive ketones (excluding diaryl/α,β-unsaturated/α-hetero) is 1. The van der Waals surface area contributed by atoms with Crippen molar-refractivity contribution in [3.05, 3.63) is 64.5 Å². The predicted molar refractivity (Wildman–Crippen MR) is 111 cm³/mol. The zero-order valence-corrected chi connectivity index (χ0v) is 17.6. The third-order valence-corrected chi connectivity index (χ3v) is 8.40. The Kier molecular flexibility index (Phi) is 4.91. The molecule has 5 rings (SSSR count). The Morgan fingerprint density at radius 1 is 1.10 bits per heavy atom. The number of rotatable bonds is 3. The number of hydrogen-bond donors (Lipinski definition) is 1. The van der Waals surface area contributed by atoms with Gasteiger partial charge in [0.2, 0.25) is 0 Å². The number of carbonyl (C=O) groups is 1. The highest BCUT2D eigenvalue weighted by molar-refractivity contribution is 5.87. The van der Waals surface area contributed by atoms with Gasteiger partial charge in [-0.3, -0.25) is 4.79 Å². The van der Waals surface area contributed by atoms with Gasteiger partial charge in [0, 0.05) is 11.8 Å². The SMILES string of the molecule is C[C@]12CC[C@@H]3c4ccc(O)cc4CC[C@H]3[C@@H]1[C@@H](CCc1cc(F)c(F)c(F)c1)CC2=O. The Bertz CT molecular complexity index is 1030. The van der Waals surface area contributed by atoms with E-state index in [1.54, 1.807) is 6.07 Å². The molecule has 3 aliphatic rings. The second kappa shape index (κ2) is 7.39. The van der Waals surface area contributed by atoms with E-state index in [4.69, 9.17) is 0 Å². The summed E-state index contributed by atoms with van der Waals surface area (Å²) in [5, 5.41) is 9.87. The Morgan fingerprint density at radius 3 is 2.58 bits per heavy atom. The lowest BCUT2D eigenvalue weighted by molar-refractivity contribution is -0.129. The first-order valence-corrected chi connectivity index (χ1v) is 11.3. The van der Waals surface area contributed by atoms with Crippen LogP contribution in [0, 0.1) is 40.6 Å². The van der Waals surface area contributed by atoms with Gasteiger partial charge in [0.25, 0.3) is 0 Å². The Hall–Kier alpha value is -2.30. The zero-order valence-electron chi connectivity index (χ0n) is 17.6. The van der Waals surface area contributed by atoms with Crippen molar-refractivity contribution in [1.82, 2.24) is 0 Å². The molecule has 2 aromatic rings. The van der Waals surface area contributed by atoms with Crippen molar-refractivity contribution >= 4 is 5.78 Å². The van der Waals surface area contributed by atoms with E-state index < -0.39 is 17.5 Å². The standard InChI is InChI=1S/C26H27F3O2/c1-26-9-8-19-18-7-5-17(30)12-15(18)4-6-20(19)24(26)16(13-23(26)31)3-2-14-10-21(27)25(29)22(28)11-14/h5,7,10-12,16,19-20,24,30H,2-4,6,8-9,13H2,1H3/t16-,19+,20+,24-,26+/m0/s1. The van der Waals surface area contributed by atoms with Crippen molar-refractivity contribution in [3.8, 4) is 5.75 Å². The number of aromatic hydroxyl groups is 1. The number of hydrogen-bond acceptors (Lipinski definition) is 2. The summed E-state index contributed by atoms with van der Waals surface area (Å²) in [6.45, 7) is 2.11. The number of aryl methyl sites for hydroxylation is 2. The Morgan fingerprint density at radius 2 is 1.84 bits per heavy atom. The van der Waals surface area contributed by atoms with E-state index in [2.05, 4.69) is 6.92 Å². The fourth-order valence-corrected chi connectivity index (χ4v) is 7.00. The highest BCUT2D eigenvalue weighted by Gasteiger charge is 2.58. The van der Waals surface area contributed by atoms with Crippen molar-refractivity contribution in [1.29, 1.82) is 0 Å². The largest absolute Gasteiger partial charge is 0.508 e. The van der Waals surface area contributed by atoms with E-state index in [1.807, 2.05) is 12.1 Å². The summed E-state index contributed by atoms with van der Waals surface area (Å²) in [6, 6.07) is 7.81. The van der Waals surface area contributed by atoms with Crippen molar-refractivity contribution in [3.63, 3.8) is 0 Å². The van der Waals surface area contributed by atoms with Crippen LogP contribution in [0.25, 0.3) is 0 Å². The Balaban J connectivity index is 1.41. The van der Waals surface area contributed by atoms with Gasteiger partial charge in [0.15, 0.2) is 17.5 Å². The molecule has 3 aliphatic carbocycles. The van der Waals surface area contributed by atoms with Crippen molar-refractivity contribution < 1.29 is 23.1 Å². The molecule has 0 spiro atoms. The molecule has 31 heavy (non-hydrogen) atoms. The van der Waals surface area contributed by atoms with Crippen molar-refractivity contribution in [2.24, 2.45) is 23.2 Å². The summed E-state index contributed by atoms with van der Waals surface area (Å²) in [6.07, 6.45) is 5.33. The van der Waals surface area contributed by atoms with Gasteiger partial charge in [-0.05, 0) is 103 Å². The van der Waals surface area contributed by atoms with Crippen LogP contribution in [-0.4, -0.2) is 10.9 Å². The van der Waals surface area contributed by atoms with Gasteiger partial charge < -0.3 is 5.11 Å². The van der Waals surface area contributed by atoms with Gasteiger partial charge in [0.05, 0.1) is 0 Å². The molecule has 0 radical (unpaired) electrons. The summed E-state index contributed by atoms with van der Waals surface area (Å²) in [5.41, 5.74) is 2.62. The maximum Gasteiger partial charge on any atom is 0.194 e. The van der Waals surface area contributed by atoms with Crippen LogP contribution in [0.5, 0.6) is 5.75 Å². The molecular formula is C26H27F3O2. The first-order chi connectivity index (χ1) is 14.8. The number of ketones is 1. The highest BCUT2D eigenvalue weighted by atomic mass is 19.2. The summed E-state index contributed by atoms with van der Waals surface area (Å²) in [5.74, 6) is -1.95. The van der Waals surface area contributed by atoms with E-state index in [9.17, 15) is 23.1 Å². The van der Waals surface area contributed by atoms with Crippen molar-refractivity contribution in [2.75, 3.05) is 0 Å². The maximum atomic E-state index is 13.6. The first kappa shape index (κ1) is 20.6. The van der Waals surface area contributed by atoms with Crippen LogP contribution in [0.1, 0.15) is 61.6 Å². The van der Waals surface area contributed by atoms with Gasteiger partial charge >= 0.3 is 0 Å². The second-order valence-electron chi connectivity index (χ2n) is 9.97. The summed E-state index contributed by atoms with van der Waals surface area (Å²) in [7, 11) is 0. The topological polar surface area (TPSA) is 37.3 Å². The van der Waals surface area contributed by atoms with Crippen LogP contribution in [0.15, 0.2) is 30.3 Å². The second-order valence-corrected chi connectivity index (χ2v) is 9.97. The van der Waals surface area contributed by atoms with Crippen LogP contribution in [-0.2, 0) is 17.6 Å². The molecule has 0 unspecified atom stereocenters. The molecule has 0 saturated heterocycles. The van der Waals surface area contributed by atoms with Crippen molar-refractivity contribution in [2.45, 2.75) is 57.8 Å². The number of phenols is 1. The molecule has 2 nitrogen and oxygen atoms in total. The number of fused-ring (bicyclic) bond motifs is 5. The smallest absolute Gasteiger partial charge is 0.194 e. The molecule has 5 atom stereocenters. The van der Waals surface area contributed by atoms with Crippen LogP contribution < -0.4 is 0 Å². The minimum atomic E-state index is -1.44. The molecule has 2 fully saturated rings. The van der Waals surface area contributed by atoms with Crippen LogP contribution in [0.2, 0.25) is 0 Å². The number of carbonyl (C=O) groups excluding carboxylic acids is 1. The fourth-order valence-electron chi connectivity index (χ4n) is 7.00. The summed E-state index contributed by atoms with van der Waals surface area (Å²) in [4.78, 5) is 13.1. The monoisotopic (exact) mass is 428 g/mol. The van der Waals surface area contributed by atoms with Gasteiger partial charge in [0.1, 0.15) is 11.5 Å². The molecule has 0 aliphatic heterocycles. The number of halogens is 3. The number of benzene rings is 2. The quantitative estimate of drug-likeness (QED) is 0.601. The lowest BCUT2D eigenvalue weighted by Gasteiger charge is -2.50. The molecule has 2 aromatic carbocycles. The molecule has 0 bridgehead atoms. The van der Waals surface area contributed by atoms with E-state index in [0.29, 0.717) is 48.2 Å². The average molecular weight is 428 g/mol. The molecule has 0 aromatic heterocycles. The lowest BCUT2D eigenvalue weighted by atomic mass is 9.54. The zero-order chi connectivity index (χ0) is 21.9. The summed E-state index contributed by atoms with van der Waals surface area (Å²) < 4.78 is 40.6. The first-order valence-electron chi connectivity index (χ1n) is 11.3. The summed E-state index contributed by atoms with van der Waals surface area (Å²) >= 11 is 0. The molecular weight excluding hydrogens is 401 g/mol. The molecule has 1 N–H and O–H groups in total. The van der Waals surface area contributed by atoms with E-state index >= 15 is 0 Å². The molecule has 164 valence electrons. The predicted octanol–water partition coefficient (Wildman–Crippen LogP) is 6.09. The third-order valence-electron chi connectivity index (χ3n) is 8.40. The van der Waals surface area contributed by atoms with Gasteiger partial charge in [-0.15, -0.1) is 0 Å². The molecule has 2 saturated carbocycles. The van der Waals surface area contributed by atoms with Crippen LogP contribution in [0.4, 0.5) is 13.2 Å². The number of phenolic OH excluding ortho intramolecular Hbond substituents is 1. The van der Waals surface area contributed by atoms with Crippen LogP contribution >= 0.6 is 0 Å². The minimum Gasteiger partial charge on any atom is -0.508 e. The van der Waals surface area contributed by atoms with Crippen LogP contribution in [0.3, 0.4) is 0 Å². The molecule has 5 heteroatoms. The molecule has 0 amide bonds. The van der Waals surface area contributed by atoms with E-state index in [0.717, 1.165) is 37.8 Å². The van der Waals surface area contributed by atoms with Gasteiger partial charge in [-0.25, -0.2) is 13.2 Å².